The van der Waals surface area contributed by atoms with E-state index < -0.39 is 10.6 Å². The van der Waals surface area contributed by atoms with Crippen LogP contribution in [0.25, 0.3) is 0 Å². The van der Waals surface area contributed by atoms with Crippen molar-refractivity contribution in [2.45, 2.75) is 13.8 Å². The molecule has 0 heterocycles. The summed E-state index contributed by atoms with van der Waals surface area (Å²) in [6, 6.07) is 10.7. The second kappa shape index (κ2) is 8.26. The summed E-state index contributed by atoms with van der Waals surface area (Å²) < 4.78 is 36.6. The van der Waals surface area contributed by atoms with E-state index >= 15 is 0 Å². The van der Waals surface area contributed by atoms with Gasteiger partial charge in [-0.2, -0.15) is 8.42 Å². The van der Waals surface area contributed by atoms with Crippen LogP contribution in [0.2, 0.25) is 0 Å². The van der Waals surface area contributed by atoms with Crippen molar-refractivity contribution in [2.75, 3.05) is 23.7 Å². The van der Waals surface area contributed by atoms with Crippen LogP contribution in [0.15, 0.2) is 36.4 Å². The number of fused-ring (bicyclic) bond motifs is 2. The van der Waals surface area contributed by atoms with Gasteiger partial charge in [0.25, 0.3) is 0 Å². The third kappa shape index (κ3) is 4.68. The lowest BCUT2D eigenvalue weighted by Gasteiger charge is -2.22. The predicted octanol–water partition coefficient (Wildman–Crippen LogP) is 3.50. The Balaban J connectivity index is 0.000000465. The minimum absolute atomic E-state index is 0.0964. The van der Waals surface area contributed by atoms with Crippen molar-refractivity contribution in [2.24, 2.45) is 0 Å². The Kier molecular flexibility index (Phi) is 6.27. The second-order valence-corrected chi connectivity index (χ2v) is 6.31. The van der Waals surface area contributed by atoms with Crippen LogP contribution in [0.3, 0.4) is 0 Å². The van der Waals surface area contributed by atoms with Crippen molar-refractivity contribution in [1.29, 1.82) is 0 Å². The number of nitrogens with one attached hydrogen (secondary N) is 2. The maximum Gasteiger partial charge on any atom is 0.476 e. The molecule has 0 radical (unpaired) electrons. The van der Waals surface area contributed by atoms with Gasteiger partial charge in [-0.1, -0.05) is 32.0 Å². The Morgan fingerprint density at radius 3 is 1.41 bits per heavy atom. The fraction of sp³-hybridized carbons (Fsp3) is 0.222. The highest BCUT2D eigenvalue weighted by molar-refractivity contribution is 7.81. The Morgan fingerprint density at radius 1 is 0.778 bits per heavy atom. The Morgan fingerprint density at radius 2 is 1.11 bits per heavy atom. The molecule has 0 spiro atoms. The maximum atomic E-state index is 12.9. The van der Waals surface area contributed by atoms with Gasteiger partial charge in [0.15, 0.2) is 11.6 Å². The van der Waals surface area contributed by atoms with Gasteiger partial charge < -0.3 is 10.6 Å². The first-order valence-corrected chi connectivity index (χ1v) is 9.44. The van der Waals surface area contributed by atoms with Gasteiger partial charge in [-0.05, 0) is 26.0 Å². The zero-order chi connectivity index (χ0) is 20.2. The Hall–Kier alpha value is -2.81. The van der Waals surface area contributed by atoms with Crippen molar-refractivity contribution in [1.82, 2.24) is 0 Å². The summed E-state index contributed by atoms with van der Waals surface area (Å²) in [5, 5.41) is 6.34. The molecule has 2 N–H and O–H groups in total. The molecule has 27 heavy (non-hydrogen) atoms. The molecule has 0 atom stereocenters. The van der Waals surface area contributed by atoms with E-state index in [2.05, 4.69) is 10.6 Å². The van der Waals surface area contributed by atoms with Gasteiger partial charge in [0, 0.05) is 35.6 Å². The molecule has 0 amide bonds. The van der Waals surface area contributed by atoms with E-state index in [-0.39, 0.29) is 11.6 Å². The molecule has 2 aromatic carbocycles. The van der Waals surface area contributed by atoms with E-state index in [0.717, 1.165) is 11.4 Å². The number of benzene rings is 2. The van der Waals surface area contributed by atoms with Crippen LogP contribution in [-0.2, 0) is 10.6 Å². The van der Waals surface area contributed by atoms with E-state index in [0.29, 0.717) is 35.3 Å². The minimum Gasteiger partial charge on any atom is -0.385 e. The number of hydrogen-bond donors (Lipinski definition) is 2. The van der Waals surface area contributed by atoms with Crippen LogP contribution in [-0.4, -0.2) is 33.1 Å². The molecule has 2 aromatic rings. The van der Waals surface area contributed by atoms with Crippen LogP contribution in [0.1, 0.15) is 45.7 Å². The highest BCUT2D eigenvalue weighted by Gasteiger charge is 2.33. The number of hydrogen-bond acceptors (Lipinski definition) is 6. The third-order valence-electron chi connectivity index (χ3n) is 3.81. The Labute approximate surface area is 156 Å². The summed E-state index contributed by atoms with van der Waals surface area (Å²) >= 11 is 0. The van der Waals surface area contributed by atoms with E-state index in [1.165, 1.54) is 0 Å². The molecule has 6 nitrogen and oxygen atoms in total. The number of rotatable bonds is 4. The van der Waals surface area contributed by atoms with Crippen molar-refractivity contribution >= 4 is 33.6 Å². The molecule has 0 saturated carbocycles. The standard InChI is InChI=1S/C18H18N2O2.F2O2S/c1-3-19-13-9-5-7-11-15(13)17(21)12-8-6-10-14(20-4-2)16(12)18(11)22;1-5(2,3)4/h5-10,19-20H,3-4H2,1-2H3;. The topological polar surface area (TPSA) is 92.3 Å². The molecule has 1 aliphatic carbocycles. The van der Waals surface area contributed by atoms with Crippen molar-refractivity contribution in [3.63, 3.8) is 0 Å². The summed E-state index contributed by atoms with van der Waals surface area (Å²) in [5.74, 6) is -0.193. The summed E-state index contributed by atoms with van der Waals surface area (Å²) in [5.41, 5.74) is 3.35. The van der Waals surface area contributed by atoms with Crippen molar-refractivity contribution in [3.8, 4) is 0 Å². The quantitative estimate of drug-likeness (QED) is 0.656. The average Bonchev–Trinajstić information content (AvgIpc) is 2.58. The monoisotopic (exact) mass is 396 g/mol. The first-order chi connectivity index (χ1) is 12.7. The van der Waals surface area contributed by atoms with Gasteiger partial charge in [0.2, 0.25) is 0 Å². The lowest BCUT2D eigenvalue weighted by atomic mass is 9.82. The molecule has 0 unspecified atom stereocenters. The second-order valence-electron chi connectivity index (χ2n) is 5.55. The molecule has 3 rings (SSSR count). The number of anilines is 2. The Bertz CT molecular complexity index is 917. The van der Waals surface area contributed by atoms with Crippen LogP contribution < -0.4 is 10.6 Å². The fourth-order valence-corrected chi connectivity index (χ4v) is 2.92. The molecule has 1 aliphatic rings. The van der Waals surface area contributed by atoms with Gasteiger partial charge in [0.1, 0.15) is 0 Å². The molecular formula is C18H18F2N2O4S. The van der Waals surface area contributed by atoms with Gasteiger partial charge in [-0.25, -0.2) is 0 Å². The first kappa shape index (κ1) is 20.5. The lowest BCUT2D eigenvalue weighted by molar-refractivity contribution is 0.0980. The average molecular weight is 396 g/mol. The number of halogens is 2. The van der Waals surface area contributed by atoms with E-state index in [4.69, 9.17) is 8.42 Å². The smallest absolute Gasteiger partial charge is 0.385 e. The molecule has 9 heteroatoms. The van der Waals surface area contributed by atoms with Gasteiger partial charge in [-0.15, -0.1) is 0 Å². The number of carbonyl (C=O) groups is 2. The number of ketones is 2. The third-order valence-corrected chi connectivity index (χ3v) is 3.81. The molecule has 0 aromatic heterocycles. The maximum absolute atomic E-state index is 12.9. The highest BCUT2D eigenvalue weighted by Crippen LogP contribution is 2.35. The van der Waals surface area contributed by atoms with Crippen molar-refractivity contribution < 1.29 is 25.8 Å². The van der Waals surface area contributed by atoms with Crippen LogP contribution in [0.4, 0.5) is 19.1 Å². The molecular weight excluding hydrogens is 378 g/mol. The normalized spacial score (nSPS) is 12.4. The SMILES string of the molecule is CCNc1cccc2c1C(=O)c1cccc(NCC)c1C2=O.O=S(=O)(F)F. The summed E-state index contributed by atoms with van der Waals surface area (Å²) in [7, 11) is -5.67. The molecule has 0 fully saturated rings. The lowest BCUT2D eigenvalue weighted by Crippen LogP contribution is -2.24. The predicted molar refractivity (Wildman–Crippen MR) is 99.2 cm³/mol. The number of carbonyl (C=O) groups excluding carboxylic acids is 2. The first-order valence-electron chi connectivity index (χ1n) is 8.16. The van der Waals surface area contributed by atoms with Crippen LogP contribution in [0, 0.1) is 0 Å². The van der Waals surface area contributed by atoms with Crippen LogP contribution >= 0.6 is 0 Å². The zero-order valence-electron chi connectivity index (χ0n) is 14.7. The van der Waals surface area contributed by atoms with Gasteiger partial charge in [-0.3, -0.25) is 9.59 Å². The zero-order valence-corrected chi connectivity index (χ0v) is 15.5. The molecule has 0 aliphatic heterocycles. The summed E-state index contributed by atoms with van der Waals surface area (Å²) in [6.07, 6.45) is 0. The van der Waals surface area contributed by atoms with Crippen molar-refractivity contribution in [3.05, 3.63) is 58.7 Å². The minimum atomic E-state index is -5.67. The largest absolute Gasteiger partial charge is 0.476 e. The van der Waals surface area contributed by atoms with Gasteiger partial charge >= 0.3 is 10.6 Å². The summed E-state index contributed by atoms with van der Waals surface area (Å²) in [4.78, 5) is 25.8. The molecule has 0 bridgehead atoms. The fourth-order valence-electron chi connectivity index (χ4n) is 2.92. The molecule has 0 saturated heterocycles. The van der Waals surface area contributed by atoms with E-state index in [1.54, 1.807) is 12.1 Å². The summed E-state index contributed by atoms with van der Waals surface area (Å²) in [6.45, 7) is 5.32. The molecule has 144 valence electrons. The van der Waals surface area contributed by atoms with Gasteiger partial charge in [0.05, 0.1) is 11.1 Å². The van der Waals surface area contributed by atoms with Crippen LogP contribution in [0.5, 0.6) is 0 Å². The van der Waals surface area contributed by atoms with E-state index in [1.807, 2.05) is 38.1 Å². The van der Waals surface area contributed by atoms with E-state index in [9.17, 15) is 17.4 Å². The highest BCUT2D eigenvalue weighted by atomic mass is 32.3.